The number of carbonyl (C=O) groups is 2. The lowest BCUT2D eigenvalue weighted by atomic mass is 9.87. The molecule has 114 valence electrons. The molecule has 2 atom stereocenters. The second-order valence-electron chi connectivity index (χ2n) is 5.62. The van der Waals surface area contributed by atoms with Crippen LogP contribution in [-0.4, -0.2) is 39.0 Å². The number of fused-ring (bicyclic) bond motifs is 1. The third kappa shape index (κ3) is 4.04. The van der Waals surface area contributed by atoms with Crippen LogP contribution in [0.5, 0.6) is 0 Å². The predicted octanol–water partition coefficient (Wildman–Crippen LogP) is -0.559. The van der Waals surface area contributed by atoms with Gasteiger partial charge in [0.05, 0.1) is 13.6 Å². The second kappa shape index (κ2) is 7.22. The molecule has 0 heterocycles. The van der Waals surface area contributed by atoms with E-state index in [1.165, 1.54) is 22.4 Å². The Kier molecular flexibility index (Phi) is 5.33. The fourth-order valence-corrected chi connectivity index (χ4v) is 2.97. The Bertz CT molecular complexity index is 516. The first kappa shape index (κ1) is 15.5. The number of benzene rings is 1. The number of hydrogen-bond donors (Lipinski definition) is 3. The summed E-state index contributed by atoms with van der Waals surface area (Å²) in [6.45, 7) is 0.430. The van der Waals surface area contributed by atoms with Gasteiger partial charge < -0.3 is 15.5 Å². The highest BCUT2D eigenvalue weighted by Crippen LogP contribution is 2.27. The minimum absolute atomic E-state index is 0.0455. The van der Waals surface area contributed by atoms with E-state index in [1.807, 2.05) is 7.05 Å². The van der Waals surface area contributed by atoms with E-state index in [-0.39, 0.29) is 18.4 Å². The summed E-state index contributed by atoms with van der Waals surface area (Å²) in [6.07, 6.45) is 3.40. The summed E-state index contributed by atoms with van der Waals surface area (Å²) < 4.78 is 0. The van der Waals surface area contributed by atoms with Crippen LogP contribution in [0.15, 0.2) is 24.3 Å². The van der Waals surface area contributed by atoms with Crippen molar-refractivity contribution in [3.05, 3.63) is 35.4 Å². The highest BCUT2D eigenvalue weighted by Gasteiger charge is 2.27. The first-order chi connectivity index (χ1) is 10.1. The van der Waals surface area contributed by atoms with Crippen LogP contribution in [0.3, 0.4) is 0 Å². The molecule has 1 aliphatic rings. The van der Waals surface area contributed by atoms with Gasteiger partial charge in [-0.05, 0) is 18.4 Å². The molecule has 1 unspecified atom stereocenters. The van der Waals surface area contributed by atoms with Gasteiger partial charge in [0.1, 0.15) is 6.04 Å². The Hall–Kier alpha value is -1.88. The molecule has 0 radical (unpaired) electrons. The van der Waals surface area contributed by atoms with E-state index in [0.717, 1.165) is 12.8 Å². The number of quaternary nitrogens is 1. The van der Waals surface area contributed by atoms with Crippen LogP contribution in [0.2, 0.25) is 0 Å². The maximum Gasteiger partial charge on any atom is 0.275 e. The lowest BCUT2D eigenvalue weighted by Crippen LogP contribution is -3.10. The zero-order valence-corrected chi connectivity index (χ0v) is 12.7. The second-order valence-corrected chi connectivity index (χ2v) is 5.62. The van der Waals surface area contributed by atoms with Crippen molar-refractivity contribution < 1.29 is 14.5 Å². The lowest BCUT2D eigenvalue weighted by molar-refractivity contribution is -0.905. The molecular weight excluding hydrogens is 266 g/mol. The predicted molar refractivity (Wildman–Crippen MR) is 81.0 cm³/mol. The Balaban J connectivity index is 1.93. The van der Waals surface area contributed by atoms with Gasteiger partial charge in [-0.1, -0.05) is 24.3 Å². The SMILES string of the molecule is CNC(=O)CNC(=O)C[NH+](C)[C@@H]1CCCc2ccccc21. The van der Waals surface area contributed by atoms with Crippen LogP contribution >= 0.6 is 0 Å². The first-order valence-corrected chi connectivity index (χ1v) is 7.49. The molecule has 21 heavy (non-hydrogen) atoms. The van der Waals surface area contributed by atoms with E-state index in [1.54, 1.807) is 7.05 Å². The highest BCUT2D eigenvalue weighted by atomic mass is 16.2. The van der Waals surface area contributed by atoms with Crippen LogP contribution in [0.4, 0.5) is 0 Å². The zero-order chi connectivity index (χ0) is 15.2. The molecule has 5 heteroatoms. The average Bonchev–Trinajstić information content (AvgIpc) is 2.51. The molecule has 1 aliphatic carbocycles. The number of rotatable bonds is 5. The van der Waals surface area contributed by atoms with Crippen molar-refractivity contribution in [3.8, 4) is 0 Å². The Morgan fingerprint density at radius 3 is 2.81 bits per heavy atom. The monoisotopic (exact) mass is 290 g/mol. The third-order valence-corrected chi connectivity index (χ3v) is 4.13. The van der Waals surface area contributed by atoms with Gasteiger partial charge in [-0.3, -0.25) is 9.59 Å². The molecule has 0 spiro atoms. The maximum atomic E-state index is 11.9. The van der Waals surface area contributed by atoms with Gasteiger partial charge in [-0.2, -0.15) is 0 Å². The molecular formula is C16H24N3O2+. The summed E-state index contributed by atoms with van der Waals surface area (Å²) in [5.74, 6) is -0.261. The number of hydrogen-bond acceptors (Lipinski definition) is 2. The average molecular weight is 290 g/mol. The van der Waals surface area contributed by atoms with Crippen LogP contribution in [0.1, 0.15) is 30.0 Å². The smallest absolute Gasteiger partial charge is 0.275 e. The van der Waals surface area contributed by atoms with Crippen molar-refractivity contribution in [2.45, 2.75) is 25.3 Å². The maximum absolute atomic E-state index is 11.9. The van der Waals surface area contributed by atoms with Crippen molar-refractivity contribution >= 4 is 11.8 Å². The summed E-state index contributed by atoms with van der Waals surface area (Å²) in [5.41, 5.74) is 2.76. The van der Waals surface area contributed by atoms with E-state index < -0.39 is 0 Å². The molecule has 0 aromatic heterocycles. The fourth-order valence-electron chi connectivity index (χ4n) is 2.97. The van der Waals surface area contributed by atoms with Gasteiger partial charge in [-0.25, -0.2) is 0 Å². The normalized spacial score (nSPS) is 18.5. The largest absolute Gasteiger partial charge is 0.358 e. The number of carbonyl (C=O) groups excluding carboxylic acids is 2. The standard InChI is InChI=1S/C16H23N3O2/c1-17-15(20)10-18-16(21)11-19(2)14-9-5-7-12-6-3-4-8-13(12)14/h3-4,6,8,14H,5,7,9-11H2,1-2H3,(H,17,20)(H,18,21)/p+1/t14-/m1/s1. The number of amides is 2. The summed E-state index contributed by atoms with van der Waals surface area (Å²) >= 11 is 0. The molecule has 0 bridgehead atoms. The van der Waals surface area contributed by atoms with E-state index in [2.05, 4.69) is 34.9 Å². The van der Waals surface area contributed by atoms with Crippen molar-refractivity contribution in [2.75, 3.05) is 27.2 Å². The summed E-state index contributed by atoms with van der Waals surface area (Å²) in [5, 5.41) is 5.15. The van der Waals surface area contributed by atoms with Gasteiger partial charge in [0.25, 0.3) is 5.91 Å². The highest BCUT2D eigenvalue weighted by molar-refractivity contribution is 5.84. The van der Waals surface area contributed by atoms with Gasteiger partial charge in [0.15, 0.2) is 6.54 Å². The van der Waals surface area contributed by atoms with E-state index >= 15 is 0 Å². The van der Waals surface area contributed by atoms with Crippen molar-refractivity contribution in [3.63, 3.8) is 0 Å². The zero-order valence-electron chi connectivity index (χ0n) is 12.7. The molecule has 3 N–H and O–H groups in total. The lowest BCUT2D eigenvalue weighted by Gasteiger charge is -2.30. The van der Waals surface area contributed by atoms with E-state index in [0.29, 0.717) is 12.6 Å². The van der Waals surface area contributed by atoms with Gasteiger partial charge in [0, 0.05) is 19.0 Å². The molecule has 5 nitrogen and oxygen atoms in total. The number of likely N-dealkylation sites (N-methyl/N-ethyl adjacent to an activating group) is 2. The van der Waals surface area contributed by atoms with E-state index in [4.69, 9.17) is 0 Å². The van der Waals surface area contributed by atoms with E-state index in [9.17, 15) is 9.59 Å². The van der Waals surface area contributed by atoms with Crippen LogP contribution in [0, 0.1) is 0 Å². The minimum Gasteiger partial charge on any atom is -0.358 e. The summed E-state index contributed by atoms with van der Waals surface area (Å²) in [7, 11) is 3.61. The first-order valence-electron chi connectivity index (χ1n) is 7.49. The van der Waals surface area contributed by atoms with Crippen molar-refractivity contribution in [1.29, 1.82) is 0 Å². The molecule has 0 saturated heterocycles. The van der Waals surface area contributed by atoms with Crippen molar-refractivity contribution in [2.24, 2.45) is 0 Å². The molecule has 1 aromatic carbocycles. The molecule has 2 rings (SSSR count). The summed E-state index contributed by atoms with van der Waals surface area (Å²) in [4.78, 5) is 24.2. The Labute approximate surface area is 125 Å². The molecule has 0 aliphatic heterocycles. The fraction of sp³-hybridized carbons (Fsp3) is 0.500. The molecule has 0 saturated carbocycles. The third-order valence-electron chi connectivity index (χ3n) is 4.13. The molecule has 1 aromatic rings. The minimum atomic E-state index is -0.177. The van der Waals surface area contributed by atoms with Crippen molar-refractivity contribution in [1.82, 2.24) is 10.6 Å². The van der Waals surface area contributed by atoms with Gasteiger partial charge in [-0.15, -0.1) is 0 Å². The molecule has 0 fully saturated rings. The van der Waals surface area contributed by atoms with Crippen LogP contribution in [0.25, 0.3) is 0 Å². The Morgan fingerprint density at radius 1 is 1.29 bits per heavy atom. The topological polar surface area (TPSA) is 62.6 Å². The van der Waals surface area contributed by atoms with Crippen LogP contribution < -0.4 is 15.5 Å². The number of nitrogens with one attached hydrogen (secondary N) is 3. The Morgan fingerprint density at radius 2 is 2.05 bits per heavy atom. The van der Waals surface area contributed by atoms with Gasteiger partial charge in [0.2, 0.25) is 5.91 Å². The van der Waals surface area contributed by atoms with Gasteiger partial charge >= 0.3 is 0 Å². The quantitative estimate of drug-likeness (QED) is 0.681. The summed E-state index contributed by atoms with van der Waals surface area (Å²) in [6, 6.07) is 8.86. The van der Waals surface area contributed by atoms with Crippen LogP contribution in [-0.2, 0) is 16.0 Å². The number of aryl methyl sites for hydroxylation is 1. The molecule has 2 amide bonds.